The number of hydrogen-bond acceptors (Lipinski definition) is 12. The highest BCUT2D eigenvalue weighted by Gasteiger charge is 2.66. The van der Waals surface area contributed by atoms with Crippen LogP contribution in [0.1, 0.15) is 40.5 Å². The van der Waals surface area contributed by atoms with Gasteiger partial charge in [0.15, 0.2) is 10.5 Å². The summed E-state index contributed by atoms with van der Waals surface area (Å²) in [6.45, 7) is -0.657. The average Bonchev–Trinajstić information content (AvgIpc) is 2.87. The number of alkyl halides is 18. The first-order chi connectivity index (χ1) is 23.3. The molecule has 12 nitrogen and oxygen atoms in total. The Morgan fingerprint density at radius 1 is 0.389 bits per heavy atom. The molecule has 0 fully saturated rings. The Hall–Kier alpha value is -1.62. The summed E-state index contributed by atoms with van der Waals surface area (Å²) >= 11 is 0. The summed E-state index contributed by atoms with van der Waals surface area (Å²) < 4.78 is 329. The molecular weight excluding hydrogens is 902 g/mol. The van der Waals surface area contributed by atoms with E-state index in [2.05, 4.69) is 16.7 Å². The summed E-state index contributed by atoms with van der Waals surface area (Å²) in [6.07, 6.45) is -41.8. The van der Waals surface area contributed by atoms with Gasteiger partial charge in [-0.3, -0.25) is 16.7 Å². The SMILES string of the molecule is CCC(COS(=O)(=O)C(C(F)(F)F)C(F)(F)F)OS(=O)(=O)C(C(F)(F)F)C(F)(F)F.CCC(COS(=O)(=O)C(C)C(F)(F)F)OS(=O)(=O)C(C)C(F)(F)F. The zero-order chi connectivity index (χ0) is 44.1. The maximum Gasteiger partial charge on any atom is 0.416 e. The van der Waals surface area contributed by atoms with Crippen LogP contribution in [0.4, 0.5) is 79.0 Å². The van der Waals surface area contributed by atoms with Gasteiger partial charge in [-0.05, 0) is 26.7 Å². The number of hydrogen-bond donors (Lipinski definition) is 0. The molecule has 0 bridgehead atoms. The van der Waals surface area contributed by atoms with E-state index in [1.807, 2.05) is 0 Å². The van der Waals surface area contributed by atoms with Gasteiger partial charge in [0.1, 0.15) is 12.2 Å². The highest BCUT2D eigenvalue weighted by atomic mass is 32.2. The molecule has 0 amide bonds. The topological polar surface area (TPSA) is 173 Å². The summed E-state index contributed by atoms with van der Waals surface area (Å²) in [5, 5.41) is -16.0. The normalized spacial score (nSPS) is 17.2. The van der Waals surface area contributed by atoms with Gasteiger partial charge in [0.2, 0.25) is 0 Å². The molecule has 0 aliphatic rings. The summed E-state index contributed by atoms with van der Waals surface area (Å²) in [5.74, 6) is 0. The van der Waals surface area contributed by atoms with Crippen LogP contribution in [-0.2, 0) is 57.2 Å². The Morgan fingerprint density at radius 3 is 0.889 bits per heavy atom. The first-order valence-corrected chi connectivity index (χ1v) is 19.2. The monoisotopic (exact) mass is 928 g/mol. The standard InChI is InChI=1S/C10H10F12O6S2.C10H16F6O6S2/c1-2-4(28-30(25,26)6(9(17,18)19)10(20,21)22)3-27-29(23,24)5(7(11,12)13)8(14,15)16;1-4-8(22-24(19,20)7(3)10(14,15)16)5-21-23(17,18)6(2)9(11,12)13/h4-6H,2-3H2,1H3;6-8H,4-5H2,1-3H3. The maximum atomic E-state index is 12.5. The van der Waals surface area contributed by atoms with E-state index >= 15 is 0 Å². The molecule has 0 aliphatic carbocycles. The Labute approximate surface area is 293 Å². The predicted molar refractivity (Wildman–Crippen MR) is 141 cm³/mol. The van der Waals surface area contributed by atoms with Crippen molar-refractivity contribution in [3.05, 3.63) is 0 Å². The van der Waals surface area contributed by atoms with Crippen LogP contribution in [0.3, 0.4) is 0 Å². The maximum absolute atomic E-state index is 12.5. The second-order valence-electron chi connectivity index (χ2n) is 10.1. The molecule has 0 rings (SSSR count). The van der Waals surface area contributed by atoms with Gasteiger partial charge in [0, 0.05) is 0 Å². The van der Waals surface area contributed by atoms with Crippen molar-refractivity contribution in [1.29, 1.82) is 0 Å². The van der Waals surface area contributed by atoms with Gasteiger partial charge in [-0.1, -0.05) is 13.8 Å². The summed E-state index contributed by atoms with van der Waals surface area (Å²) in [6, 6.07) is 0. The van der Waals surface area contributed by atoms with E-state index in [0.717, 1.165) is 6.92 Å². The van der Waals surface area contributed by atoms with E-state index in [1.54, 1.807) is 0 Å². The number of rotatable bonds is 16. The van der Waals surface area contributed by atoms with Crippen molar-refractivity contribution in [3.8, 4) is 0 Å². The van der Waals surface area contributed by atoms with Crippen LogP contribution in [0.2, 0.25) is 0 Å². The van der Waals surface area contributed by atoms with Crippen molar-refractivity contribution in [3.63, 3.8) is 0 Å². The molecule has 0 N–H and O–H groups in total. The zero-order valence-electron chi connectivity index (χ0n) is 26.6. The predicted octanol–water partition coefficient (Wildman–Crippen LogP) is 5.80. The average molecular weight is 929 g/mol. The van der Waals surface area contributed by atoms with Gasteiger partial charge in [-0.25, -0.2) is 0 Å². The van der Waals surface area contributed by atoms with Crippen molar-refractivity contribution in [2.75, 3.05) is 13.2 Å². The lowest BCUT2D eigenvalue weighted by atomic mass is 10.3. The first kappa shape index (κ1) is 54.5. The highest BCUT2D eigenvalue weighted by molar-refractivity contribution is 7.88. The fraction of sp³-hybridized carbons (Fsp3) is 1.00. The molecule has 4 atom stereocenters. The van der Waals surface area contributed by atoms with Gasteiger partial charge in [0.05, 0.1) is 13.2 Å². The lowest BCUT2D eigenvalue weighted by Crippen LogP contribution is -2.50. The molecule has 0 spiro atoms. The Morgan fingerprint density at radius 2 is 0.630 bits per heavy atom. The molecular formula is C20H26F18O12S4. The van der Waals surface area contributed by atoms with Crippen molar-refractivity contribution in [1.82, 2.24) is 0 Å². The van der Waals surface area contributed by atoms with Crippen molar-refractivity contribution < 1.29 is 129 Å². The third-order valence-electron chi connectivity index (χ3n) is 5.84. The third-order valence-corrected chi connectivity index (χ3v) is 12.3. The fourth-order valence-corrected chi connectivity index (χ4v) is 7.22. The first-order valence-electron chi connectivity index (χ1n) is 13.3. The van der Waals surface area contributed by atoms with E-state index in [4.69, 9.17) is 0 Å². The molecule has 0 aromatic heterocycles. The van der Waals surface area contributed by atoms with Gasteiger partial charge >= 0.3 is 37.1 Å². The smallest absolute Gasteiger partial charge is 0.267 e. The summed E-state index contributed by atoms with van der Waals surface area (Å²) in [7, 11) is -23.6. The van der Waals surface area contributed by atoms with Crippen molar-refractivity contribution in [2.45, 2.75) is 111 Å². The quantitative estimate of drug-likeness (QED) is 0.135. The third kappa shape index (κ3) is 17.3. The highest BCUT2D eigenvalue weighted by Crippen LogP contribution is 2.41. The largest absolute Gasteiger partial charge is 0.416 e. The molecule has 4 unspecified atom stereocenters. The van der Waals surface area contributed by atoms with Crippen molar-refractivity contribution in [2.24, 2.45) is 0 Å². The van der Waals surface area contributed by atoms with Crippen LogP contribution >= 0.6 is 0 Å². The molecule has 0 radical (unpaired) electrons. The van der Waals surface area contributed by atoms with E-state index in [9.17, 15) is 113 Å². The van der Waals surface area contributed by atoms with E-state index in [-0.39, 0.29) is 6.42 Å². The van der Waals surface area contributed by atoms with Crippen LogP contribution in [0, 0.1) is 0 Å². The van der Waals surface area contributed by atoms with Crippen molar-refractivity contribution >= 4 is 40.5 Å². The molecule has 0 saturated heterocycles. The lowest BCUT2D eigenvalue weighted by molar-refractivity contribution is -0.230. The summed E-state index contributed by atoms with van der Waals surface area (Å²) in [4.78, 5) is 0. The minimum atomic E-state index is -6.66. The van der Waals surface area contributed by atoms with Gasteiger partial charge < -0.3 is 0 Å². The minimum Gasteiger partial charge on any atom is -0.267 e. The van der Waals surface area contributed by atoms with Crippen LogP contribution in [0.25, 0.3) is 0 Å². The van der Waals surface area contributed by atoms with Gasteiger partial charge in [-0.2, -0.15) is 113 Å². The molecule has 0 saturated carbocycles. The molecule has 328 valence electrons. The van der Waals surface area contributed by atoms with Crippen LogP contribution in [-0.4, -0.2) is 117 Å². The molecule has 34 heteroatoms. The molecule has 0 aliphatic heterocycles. The Kier molecular flexibility index (Phi) is 18.5. The Balaban J connectivity index is 0. The van der Waals surface area contributed by atoms with Crippen LogP contribution < -0.4 is 0 Å². The minimum absolute atomic E-state index is 0.305. The van der Waals surface area contributed by atoms with E-state index in [0.29, 0.717) is 13.8 Å². The molecule has 54 heavy (non-hydrogen) atoms. The molecule has 0 heterocycles. The van der Waals surface area contributed by atoms with Gasteiger partial charge in [-0.15, -0.1) is 0 Å². The van der Waals surface area contributed by atoms with Crippen LogP contribution in [0.5, 0.6) is 0 Å². The lowest BCUT2D eigenvalue weighted by Gasteiger charge is -2.26. The van der Waals surface area contributed by atoms with E-state index < -0.39 is 130 Å². The fourth-order valence-electron chi connectivity index (χ4n) is 2.81. The number of halogens is 18. The van der Waals surface area contributed by atoms with Gasteiger partial charge in [0.25, 0.3) is 51.0 Å². The Bertz CT molecular complexity index is 1600. The van der Waals surface area contributed by atoms with Crippen LogP contribution in [0.15, 0.2) is 0 Å². The zero-order valence-corrected chi connectivity index (χ0v) is 29.9. The second-order valence-corrected chi connectivity index (χ2v) is 17.2. The molecule has 0 aromatic carbocycles. The molecule has 0 aromatic rings. The summed E-state index contributed by atoms with van der Waals surface area (Å²) in [5.41, 5.74) is 0. The van der Waals surface area contributed by atoms with E-state index in [1.165, 1.54) is 6.92 Å². The second kappa shape index (κ2) is 18.3.